The number of amides is 1. The molecule has 1 aromatic carbocycles. The zero-order valence-corrected chi connectivity index (χ0v) is 16.8. The number of carbonyl (C=O) groups excluding carboxylic acids is 1. The molecule has 0 saturated heterocycles. The first kappa shape index (κ1) is 18.1. The first-order chi connectivity index (χ1) is 13.9. The third kappa shape index (κ3) is 2.95. The van der Waals surface area contributed by atoms with E-state index < -0.39 is 5.63 Å². The van der Waals surface area contributed by atoms with Crippen molar-refractivity contribution in [3.8, 4) is 11.4 Å². The normalized spacial score (nSPS) is 13.8. The Morgan fingerprint density at radius 3 is 2.93 bits per heavy atom. The summed E-state index contributed by atoms with van der Waals surface area (Å²) in [6.45, 7) is 2.58. The number of hydrogen-bond donors (Lipinski definition) is 1. The lowest BCUT2D eigenvalue weighted by Gasteiger charge is -2.25. The van der Waals surface area contributed by atoms with E-state index in [1.54, 1.807) is 29.2 Å². The Labute approximate surface area is 172 Å². The smallest absolute Gasteiger partial charge is 0.347 e. The lowest BCUT2D eigenvalue weighted by atomic mass is 10.1. The van der Waals surface area contributed by atoms with Gasteiger partial charge in [0.1, 0.15) is 21.8 Å². The van der Waals surface area contributed by atoms with E-state index in [0.717, 1.165) is 10.4 Å². The molecule has 9 heteroatoms. The van der Waals surface area contributed by atoms with Gasteiger partial charge in [0.05, 0.1) is 11.9 Å². The summed E-state index contributed by atoms with van der Waals surface area (Å²) in [4.78, 5) is 47.5. The van der Waals surface area contributed by atoms with E-state index in [1.165, 1.54) is 18.3 Å². The van der Waals surface area contributed by atoms with Crippen molar-refractivity contribution in [2.75, 3.05) is 6.54 Å². The topological polar surface area (TPSA) is 96.3 Å². The van der Waals surface area contributed by atoms with Crippen LogP contribution in [-0.2, 0) is 17.8 Å². The van der Waals surface area contributed by atoms with Crippen LogP contribution < -0.4 is 11.2 Å². The summed E-state index contributed by atoms with van der Waals surface area (Å²) in [5.41, 5.74) is 0.605. The molecule has 146 valence electrons. The summed E-state index contributed by atoms with van der Waals surface area (Å²) in [7, 11) is 0. The van der Waals surface area contributed by atoms with Crippen LogP contribution in [0.3, 0.4) is 0 Å². The molecule has 0 saturated carbocycles. The fourth-order valence-electron chi connectivity index (χ4n) is 3.66. The van der Waals surface area contributed by atoms with Gasteiger partial charge >= 0.3 is 5.63 Å². The Bertz CT molecular complexity index is 1440. The number of rotatable bonds is 1. The number of fused-ring (bicyclic) bond motifs is 4. The molecule has 0 unspecified atom stereocenters. The number of carbonyl (C=O) groups is 1. The van der Waals surface area contributed by atoms with Gasteiger partial charge in [-0.05, 0) is 36.2 Å². The monoisotopic (exact) mass is 427 g/mol. The zero-order chi connectivity index (χ0) is 20.3. The second-order valence-corrected chi connectivity index (χ2v) is 8.44. The quantitative estimate of drug-likeness (QED) is 0.470. The highest BCUT2D eigenvalue weighted by atomic mass is 35.5. The molecule has 7 nitrogen and oxygen atoms in total. The average molecular weight is 428 g/mol. The lowest BCUT2D eigenvalue weighted by molar-refractivity contribution is -0.129. The summed E-state index contributed by atoms with van der Waals surface area (Å²) in [6, 6.07) is 6.55. The summed E-state index contributed by atoms with van der Waals surface area (Å²) >= 11 is 7.41. The molecule has 0 atom stereocenters. The average Bonchev–Trinajstić information content (AvgIpc) is 3.05. The van der Waals surface area contributed by atoms with Crippen molar-refractivity contribution in [3.05, 3.63) is 60.5 Å². The predicted molar refractivity (Wildman–Crippen MR) is 112 cm³/mol. The lowest BCUT2D eigenvalue weighted by Crippen LogP contribution is -2.33. The van der Waals surface area contributed by atoms with Gasteiger partial charge in [0.2, 0.25) is 5.91 Å². The van der Waals surface area contributed by atoms with E-state index in [0.29, 0.717) is 45.7 Å². The summed E-state index contributed by atoms with van der Waals surface area (Å²) in [5, 5.41) is 1.68. The first-order valence-electron chi connectivity index (χ1n) is 8.94. The molecular formula is C20H14ClN3O4S. The van der Waals surface area contributed by atoms with Gasteiger partial charge in [-0.1, -0.05) is 11.6 Å². The van der Waals surface area contributed by atoms with E-state index in [4.69, 9.17) is 16.0 Å². The second-order valence-electron chi connectivity index (χ2n) is 6.92. The maximum atomic E-state index is 12.8. The van der Waals surface area contributed by atoms with E-state index in [1.807, 2.05) is 0 Å². The Kier molecular flexibility index (Phi) is 4.07. The van der Waals surface area contributed by atoms with Gasteiger partial charge < -0.3 is 14.3 Å². The molecular weight excluding hydrogens is 414 g/mol. The number of benzene rings is 1. The molecule has 1 amide bonds. The molecule has 4 heterocycles. The molecule has 3 aromatic heterocycles. The van der Waals surface area contributed by atoms with Gasteiger partial charge in [-0.2, -0.15) is 0 Å². The van der Waals surface area contributed by atoms with Crippen LogP contribution in [0.25, 0.3) is 32.6 Å². The number of aromatic nitrogens is 2. The van der Waals surface area contributed by atoms with Crippen molar-refractivity contribution in [3.63, 3.8) is 0 Å². The minimum absolute atomic E-state index is 0.00287. The number of thiophene rings is 1. The van der Waals surface area contributed by atoms with Crippen LogP contribution >= 0.6 is 22.9 Å². The molecule has 5 rings (SSSR count). The SMILES string of the molecule is CC(=O)N1CCc2c(sc3nc(-c4cc5cc(Cl)ccc5oc4=O)[nH]c(=O)c23)C1. The summed E-state index contributed by atoms with van der Waals surface area (Å²) < 4.78 is 5.36. The molecule has 4 aromatic rings. The molecule has 0 spiro atoms. The van der Waals surface area contributed by atoms with Crippen molar-refractivity contribution < 1.29 is 9.21 Å². The summed E-state index contributed by atoms with van der Waals surface area (Å²) in [6.07, 6.45) is 0.607. The third-order valence-electron chi connectivity index (χ3n) is 5.11. The Hall–Kier alpha value is -2.97. The van der Waals surface area contributed by atoms with Crippen LogP contribution in [0.1, 0.15) is 17.4 Å². The van der Waals surface area contributed by atoms with E-state index in [9.17, 15) is 14.4 Å². The van der Waals surface area contributed by atoms with E-state index in [-0.39, 0.29) is 22.9 Å². The van der Waals surface area contributed by atoms with Gasteiger partial charge in [0.15, 0.2) is 0 Å². The van der Waals surface area contributed by atoms with Crippen molar-refractivity contribution in [2.45, 2.75) is 19.9 Å². The van der Waals surface area contributed by atoms with Crippen LogP contribution in [0.2, 0.25) is 5.02 Å². The van der Waals surface area contributed by atoms with Crippen LogP contribution in [0, 0.1) is 0 Å². The minimum Gasteiger partial charge on any atom is -0.422 e. The van der Waals surface area contributed by atoms with Gasteiger partial charge in [0, 0.05) is 28.8 Å². The molecule has 1 N–H and O–H groups in total. The Balaban J connectivity index is 1.69. The Morgan fingerprint density at radius 2 is 2.14 bits per heavy atom. The number of nitrogens with zero attached hydrogens (tertiary/aromatic N) is 2. The molecule has 0 fully saturated rings. The van der Waals surface area contributed by atoms with Crippen LogP contribution in [0.5, 0.6) is 0 Å². The number of hydrogen-bond acceptors (Lipinski definition) is 6. The highest BCUT2D eigenvalue weighted by Gasteiger charge is 2.25. The van der Waals surface area contributed by atoms with Gasteiger partial charge in [-0.15, -0.1) is 11.3 Å². The van der Waals surface area contributed by atoms with Gasteiger partial charge in [0.25, 0.3) is 5.56 Å². The highest BCUT2D eigenvalue weighted by Crippen LogP contribution is 2.33. The molecule has 0 aliphatic carbocycles. The maximum absolute atomic E-state index is 12.8. The van der Waals surface area contributed by atoms with Gasteiger partial charge in [-0.3, -0.25) is 9.59 Å². The Morgan fingerprint density at radius 1 is 1.31 bits per heavy atom. The summed E-state index contributed by atoms with van der Waals surface area (Å²) in [5.74, 6) is 0.156. The molecule has 29 heavy (non-hydrogen) atoms. The highest BCUT2D eigenvalue weighted by molar-refractivity contribution is 7.18. The fourth-order valence-corrected chi connectivity index (χ4v) is 5.07. The molecule has 0 bridgehead atoms. The van der Waals surface area contributed by atoms with Crippen molar-refractivity contribution >= 4 is 50.0 Å². The van der Waals surface area contributed by atoms with Crippen molar-refractivity contribution in [1.82, 2.24) is 14.9 Å². The standard InChI is InChI=1S/C20H14ClN3O4S/c1-9(25)24-5-4-12-15(8-24)29-19-16(12)18(26)22-17(23-19)13-7-10-6-11(21)2-3-14(10)28-20(13)27/h2-3,6-7H,4-5,8H2,1H3,(H,22,23,26). The molecule has 1 aliphatic heterocycles. The molecule has 0 radical (unpaired) electrons. The minimum atomic E-state index is -0.591. The number of aromatic amines is 1. The fraction of sp³-hybridized carbons (Fsp3) is 0.200. The van der Waals surface area contributed by atoms with Crippen molar-refractivity contribution in [2.24, 2.45) is 0 Å². The van der Waals surface area contributed by atoms with E-state index in [2.05, 4.69) is 9.97 Å². The second kappa shape index (κ2) is 6.53. The largest absolute Gasteiger partial charge is 0.422 e. The number of H-pyrrole nitrogens is 1. The van der Waals surface area contributed by atoms with Crippen LogP contribution in [0.15, 0.2) is 38.3 Å². The number of halogens is 1. The van der Waals surface area contributed by atoms with Crippen LogP contribution in [0.4, 0.5) is 0 Å². The van der Waals surface area contributed by atoms with E-state index >= 15 is 0 Å². The molecule has 1 aliphatic rings. The van der Waals surface area contributed by atoms with Crippen LogP contribution in [-0.4, -0.2) is 27.3 Å². The van der Waals surface area contributed by atoms with Gasteiger partial charge in [-0.25, -0.2) is 9.78 Å². The van der Waals surface area contributed by atoms with Crippen molar-refractivity contribution in [1.29, 1.82) is 0 Å². The first-order valence-corrected chi connectivity index (χ1v) is 10.1. The maximum Gasteiger partial charge on any atom is 0.347 e. The zero-order valence-electron chi connectivity index (χ0n) is 15.2. The third-order valence-corrected chi connectivity index (χ3v) is 6.45. The predicted octanol–water partition coefficient (Wildman–Crippen LogP) is 3.32. The number of nitrogens with one attached hydrogen (secondary N) is 1.